The van der Waals surface area contributed by atoms with Gasteiger partial charge in [-0.15, -0.1) is 0 Å². The minimum Gasteiger partial charge on any atom is -0.465 e. The molecule has 5 heteroatoms. The van der Waals surface area contributed by atoms with Crippen molar-refractivity contribution in [1.82, 2.24) is 0 Å². The number of ether oxygens (including phenoxy) is 2. The Morgan fingerprint density at radius 2 is 1.69 bits per heavy atom. The molecule has 156 valence electrons. The molecule has 0 aliphatic carbocycles. The lowest BCUT2D eigenvalue weighted by atomic mass is 10.0. The molecule has 29 heavy (non-hydrogen) atoms. The number of likely N-dealkylation sites (tertiary alicyclic amines) is 1. The number of piperidine rings is 1. The normalized spacial score (nSPS) is 16.9. The first-order chi connectivity index (χ1) is 14.1. The molecule has 1 saturated heterocycles. The molecule has 2 aromatic rings. The summed E-state index contributed by atoms with van der Waals surface area (Å²) in [6, 6.07) is 17.7. The van der Waals surface area contributed by atoms with Crippen molar-refractivity contribution in [3.05, 3.63) is 71.3 Å². The Hall–Kier alpha value is -2.21. The van der Waals surface area contributed by atoms with Gasteiger partial charge in [-0.05, 0) is 37.0 Å². The zero-order valence-electron chi connectivity index (χ0n) is 17.3. The predicted molar refractivity (Wildman–Crippen MR) is 112 cm³/mol. The Morgan fingerprint density at radius 3 is 2.34 bits per heavy atom. The molecule has 1 fully saturated rings. The van der Waals surface area contributed by atoms with Crippen molar-refractivity contribution >= 4 is 5.97 Å². The van der Waals surface area contributed by atoms with Crippen LogP contribution in [0.3, 0.4) is 0 Å². The van der Waals surface area contributed by atoms with E-state index in [-0.39, 0.29) is 5.97 Å². The van der Waals surface area contributed by atoms with Crippen molar-refractivity contribution in [2.24, 2.45) is 0 Å². The second-order valence-corrected chi connectivity index (χ2v) is 8.03. The van der Waals surface area contributed by atoms with E-state index in [4.69, 9.17) is 9.47 Å². The van der Waals surface area contributed by atoms with Crippen LogP contribution in [0.25, 0.3) is 0 Å². The number of esters is 1. The SMILES string of the molecule is COC(=O)c1ccc(C[N+]2(C[C@H](O)COCc3ccccc3)CCCCC2)cc1. The lowest BCUT2D eigenvalue weighted by molar-refractivity contribution is -0.947. The van der Waals surface area contributed by atoms with E-state index < -0.39 is 6.10 Å². The molecule has 0 radical (unpaired) electrons. The van der Waals surface area contributed by atoms with Crippen LogP contribution in [0.15, 0.2) is 54.6 Å². The van der Waals surface area contributed by atoms with Gasteiger partial charge in [-0.2, -0.15) is 0 Å². The van der Waals surface area contributed by atoms with Crippen molar-refractivity contribution in [3.63, 3.8) is 0 Å². The largest absolute Gasteiger partial charge is 0.465 e. The summed E-state index contributed by atoms with van der Waals surface area (Å²) in [7, 11) is 1.39. The van der Waals surface area contributed by atoms with Crippen LogP contribution in [0.1, 0.15) is 40.7 Å². The molecule has 1 aliphatic rings. The summed E-state index contributed by atoms with van der Waals surface area (Å²) in [5.41, 5.74) is 2.86. The standard InChI is InChI=1S/C24H32NO4/c1-28-24(27)22-12-10-20(11-13-22)16-25(14-6-3-7-15-25)17-23(26)19-29-18-21-8-4-2-5-9-21/h2,4-5,8-13,23,26H,3,6-7,14-19H2,1H3/q+1/t23-/m0/s1. The van der Waals surface area contributed by atoms with E-state index in [2.05, 4.69) is 0 Å². The number of hydrogen-bond acceptors (Lipinski definition) is 4. The minimum atomic E-state index is -0.494. The molecular weight excluding hydrogens is 366 g/mol. The quantitative estimate of drug-likeness (QED) is 0.518. The van der Waals surface area contributed by atoms with Gasteiger partial charge in [0.25, 0.3) is 0 Å². The number of methoxy groups -OCH3 is 1. The maximum absolute atomic E-state index is 11.7. The van der Waals surface area contributed by atoms with Crippen molar-refractivity contribution in [1.29, 1.82) is 0 Å². The lowest BCUT2D eigenvalue weighted by Gasteiger charge is -2.43. The first kappa shape index (κ1) is 21.5. The highest BCUT2D eigenvalue weighted by Crippen LogP contribution is 2.24. The topological polar surface area (TPSA) is 55.8 Å². The molecule has 0 spiro atoms. The van der Waals surface area contributed by atoms with Crippen molar-refractivity contribution in [2.45, 2.75) is 38.5 Å². The highest BCUT2D eigenvalue weighted by atomic mass is 16.5. The van der Waals surface area contributed by atoms with E-state index in [1.54, 1.807) is 0 Å². The lowest BCUT2D eigenvalue weighted by Crippen LogP contribution is -2.55. The smallest absolute Gasteiger partial charge is 0.337 e. The van der Waals surface area contributed by atoms with Gasteiger partial charge in [-0.25, -0.2) is 4.79 Å². The van der Waals surface area contributed by atoms with E-state index in [1.165, 1.54) is 31.9 Å². The van der Waals surface area contributed by atoms with Crippen LogP contribution in [-0.2, 0) is 22.6 Å². The van der Waals surface area contributed by atoms with E-state index in [0.717, 1.165) is 29.7 Å². The molecule has 1 aliphatic heterocycles. The Balaban J connectivity index is 1.58. The van der Waals surface area contributed by atoms with Crippen LogP contribution in [0.5, 0.6) is 0 Å². The number of benzene rings is 2. The monoisotopic (exact) mass is 398 g/mol. The zero-order chi connectivity index (χ0) is 20.5. The molecule has 1 atom stereocenters. The van der Waals surface area contributed by atoms with Crippen molar-refractivity contribution in [2.75, 3.05) is 33.4 Å². The fourth-order valence-corrected chi connectivity index (χ4v) is 4.23. The van der Waals surface area contributed by atoms with Crippen LogP contribution < -0.4 is 0 Å². The Kier molecular flexibility index (Phi) is 7.81. The third-order valence-corrected chi connectivity index (χ3v) is 5.68. The predicted octanol–water partition coefficient (Wildman–Crippen LogP) is 3.55. The molecule has 0 bridgehead atoms. The Labute approximate surface area is 173 Å². The number of aliphatic hydroxyl groups excluding tert-OH is 1. The van der Waals surface area contributed by atoms with Gasteiger partial charge >= 0.3 is 5.97 Å². The fraction of sp³-hybridized carbons (Fsp3) is 0.458. The Bertz CT molecular complexity index is 754. The number of carbonyl (C=O) groups excluding carboxylic acids is 1. The highest BCUT2D eigenvalue weighted by Gasteiger charge is 2.32. The van der Waals surface area contributed by atoms with Crippen LogP contribution in [0.4, 0.5) is 0 Å². The van der Waals surface area contributed by atoms with E-state index >= 15 is 0 Å². The number of carbonyl (C=O) groups is 1. The summed E-state index contributed by atoms with van der Waals surface area (Å²) in [6.07, 6.45) is 3.11. The number of nitrogens with zero attached hydrogens (tertiary/aromatic N) is 1. The zero-order valence-corrected chi connectivity index (χ0v) is 17.3. The second kappa shape index (κ2) is 10.5. The number of hydrogen-bond donors (Lipinski definition) is 1. The maximum Gasteiger partial charge on any atom is 0.337 e. The van der Waals surface area contributed by atoms with Gasteiger partial charge in [0.1, 0.15) is 19.2 Å². The molecule has 2 aromatic carbocycles. The van der Waals surface area contributed by atoms with Gasteiger partial charge < -0.3 is 19.1 Å². The minimum absolute atomic E-state index is 0.315. The van der Waals surface area contributed by atoms with E-state index in [0.29, 0.717) is 25.3 Å². The van der Waals surface area contributed by atoms with Crippen LogP contribution in [0.2, 0.25) is 0 Å². The van der Waals surface area contributed by atoms with Crippen molar-refractivity contribution < 1.29 is 23.9 Å². The average Bonchev–Trinajstić information content (AvgIpc) is 2.75. The van der Waals surface area contributed by atoms with Crippen LogP contribution in [-0.4, -0.2) is 55.0 Å². The molecule has 0 amide bonds. The first-order valence-corrected chi connectivity index (χ1v) is 10.4. The van der Waals surface area contributed by atoms with Gasteiger partial charge in [0.15, 0.2) is 0 Å². The molecule has 1 heterocycles. The summed E-state index contributed by atoms with van der Waals surface area (Å²) < 4.78 is 11.4. The second-order valence-electron chi connectivity index (χ2n) is 8.03. The van der Waals surface area contributed by atoms with Crippen molar-refractivity contribution in [3.8, 4) is 0 Å². The fourth-order valence-electron chi connectivity index (χ4n) is 4.23. The summed E-state index contributed by atoms with van der Waals surface area (Å²) in [5.74, 6) is -0.315. The van der Waals surface area contributed by atoms with E-state index in [9.17, 15) is 9.90 Å². The summed E-state index contributed by atoms with van der Waals surface area (Å²) >= 11 is 0. The summed E-state index contributed by atoms with van der Waals surface area (Å²) in [5, 5.41) is 10.7. The van der Waals surface area contributed by atoms with Crippen LogP contribution >= 0.6 is 0 Å². The maximum atomic E-state index is 11.7. The first-order valence-electron chi connectivity index (χ1n) is 10.4. The van der Waals surface area contributed by atoms with Gasteiger partial charge in [0, 0.05) is 5.56 Å². The highest BCUT2D eigenvalue weighted by molar-refractivity contribution is 5.89. The number of quaternary nitrogens is 1. The van der Waals surface area contributed by atoms with Gasteiger partial charge in [-0.3, -0.25) is 0 Å². The molecule has 3 rings (SSSR count). The molecule has 0 unspecified atom stereocenters. The third-order valence-electron chi connectivity index (χ3n) is 5.68. The van der Waals surface area contributed by atoms with Gasteiger partial charge in [0.2, 0.25) is 0 Å². The molecule has 5 nitrogen and oxygen atoms in total. The summed E-state index contributed by atoms with van der Waals surface area (Å²) in [4.78, 5) is 11.7. The summed E-state index contributed by atoms with van der Waals surface area (Å²) in [6.45, 7) is 4.54. The third kappa shape index (κ3) is 6.39. The van der Waals surface area contributed by atoms with Crippen LogP contribution in [0, 0.1) is 0 Å². The molecule has 1 N–H and O–H groups in total. The molecular formula is C24H32NO4+. The van der Waals surface area contributed by atoms with Gasteiger partial charge in [0.05, 0.1) is 39.0 Å². The average molecular weight is 399 g/mol. The number of aliphatic hydroxyl groups is 1. The Morgan fingerprint density at radius 1 is 1.00 bits per heavy atom. The number of rotatable bonds is 9. The molecule has 0 aromatic heterocycles. The van der Waals surface area contributed by atoms with E-state index in [1.807, 2.05) is 54.6 Å². The molecule has 0 saturated carbocycles. The van der Waals surface area contributed by atoms with Gasteiger partial charge in [-0.1, -0.05) is 42.5 Å².